The van der Waals surface area contributed by atoms with Crippen LogP contribution in [0.25, 0.3) is 0 Å². The molecule has 0 fully saturated rings. The minimum Gasteiger partial charge on any atom is -0.478 e. The van der Waals surface area contributed by atoms with Crippen molar-refractivity contribution in [1.29, 1.82) is 0 Å². The van der Waals surface area contributed by atoms with Crippen LogP contribution in [0.3, 0.4) is 0 Å². The summed E-state index contributed by atoms with van der Waals surface area (Å²) in [6.07, 6.45) is 0. The van der Waals surface area contributed by atoms with Crippen LogP contribution in [0.15, 0.2) is 48.6 Å². The molecule has 0 unspecified atom stereocenters. The van der Waals surface area contributed by atoms with Gasteiger partial charge in [-0.05, 0) is 34.6 Å². The standard InChI is InChI=1S/C6H10O3.C5H12O4.3C4H6O2/c1-4-8-9-6(7)5(2)3;6-1-5(2-7,3-8)4-9;3*1-3(2)4(5)6/h2,4H2,1,3H3;6-9H,1-4H2;3*1H2,2H3,(H,5,6). The first-order chi connectivity index (χ1) is 16.4. The number of rotatable bonds is 10. The van der Waals surface area contributed by atoms with E-state index in [2.05, 4.69) is 36.1 Å². The lowest BCUT2D eigenvalue weighted by atomic mass is 9.93. The van der Waals surface area contributed by atoms with Gasteiger partial charge in [-0.2, -0.15) is 4.89 Å². The molecule has 36 heavy (non-hydrogen) atoms. The van der Waals surface area contributed by atoms with Gasteiger partial charge in [0.1, 0.15) is 0 Å². The summed E-state index contributed by atoms with van der Waals surface area (Å²) in [6, 6.07) is 0. The van der Waals surface area contributed by atoms with Gasteiger partial charge in [0.2, 0.25) is 0 Å². The average molecular weight is 525 g/mol. The quantitative estimate of drug-likeness (QED) is 0.120. The highest BCUT2D eigenvalue weighted by molar-refractivity contribution is 5.86. The van der Waals surface area contributed by atoms with Crippen LogP contribution in [-0.4, -0.2) is 92.7 Å². The molecule has 0 radical (unpaired) electrons. The molecule has 0 aromatic heterocycles. The van der Waals surface area contributed by atoms with Crippen molar-refractivity contribution in [1.82, 2.24) is 0 Å². The Labute approximate surface area is 210 Å². The number of carboxylic acids is 3. The Kier molecular flexibility index (Phi) is 31.2. The van der Waals surface area contributed by atoms with Crippen molar-refractivity contribution in [3.05, 3.63) is 48.6 Å². The third-order valence-corrected chi connectivity index (χ3v) is 3.04. The molecule has 7 N–H and O–H groups in total. The molecule has 0 aromatic carbocycles. The Morgan fingerprint density at radius 2 is 0.833 bits per heavy atom. The number of hydrogen-bond donors (Lipinski definition) is 7. The molecular weight excluding hydrogens is 484 g/mol. The second-order valence-electron chi connectivity index (χ2n) is 6.95. The predicted molar refractivity (Wildman–Crippen MR) is 131 cm³/mol. The van der Waals surface area contributed by atoms with Gasteiger partial charge in [0, 0.05) is 22.3 Å². The van der Waals surface area contributed by atoms with E-state index in [0.29, 0.717) is 12.2 Å². The third kappa shape index (κ3) is 32.8. The van der Waals surface area contributed by atoms with Crippen LogP contribution >= 0.6 is 0 Å². The van der Waals surface area contributed by atoms with Crippen LogP contribution in [0, 0.1) is 5.41 Å². The minimum atomic E-state index is -1.11. The summed E-state index contributed by atoms with van der Waals surface area (Å²) in [4.78, 5) is 47.8. The number of aliphatic hydroxyl groups is 4. The maximum atomic E-state index is 10.5. The zero-order chi connectivity index (χ0) is 30.1. The lowest BCUT2D eigenvalue weighted by molar-refractivity contribution is -0.265. The summed E-state index contributed by atoms with van der Waals surface area (Å²) < 4.78 is 0. The number of aliphatic hydroxyl groups excluding tert-OH is 4. The summed E-state index contributed by atoms with van der Waals surface area (Å²) >= 11 is 0. The van der Waals surface area contributed by atoms with Gasteiger partial charge in [0.05, 0.1) is 38.4 Å². The second-order valence-corrected chi connectivity index (χ2v) is 6.95. The van der Waals surface area contributed by atoms with Gasteiger partial charge in [0.25, 0.3) is 0 Å². The van der Waals surface area contributed by atoms with Crippen molar-refractivity contribution in [3.63, 3.8) is 0 Å². The maximum absolute atomic E-state index is 10.5. The molecule has 13 nitrogen and oxygen atoms in total. The van der Waals surface area contributed by atoms with Gasteiger partial charge in [-0.3, -0.25) is 4.89 Å². The van der Waals surface area contributed by atoms with Gasteiger partial charge in [-0.1, -0.05) is 26.3 Å². The van der Waals surface area contributed by atoms with Crippen LogP contribution in [0.4, 0.5) is 0 Å². The van der Waals surface area contributed by atoms with Crippen molar-refractivity contribution in [2.75, 3.05) is 33.0 Å². The molecule has 210 valence electrons. The first kappa shape index (κ1) is 42.8. The third-order valence-electron chi connectivity index (χ3n) is 3.04. The van der Waals surface area contributed by atoms with Crippen molar-refractivity contribution in [3.8, 4) is 0 Å². The molecule has 0 atom stereocenters. The fourth-order valence-electron chi connectivity index (χ4n) is 0.484. The van der Waals surface area contributed by atoms with Crippen molar-refractivity contribution >= 4 is 23.9 Å². The Bertz CT molecular complexity index is 609. The average Bonchev–Trinajstić information content (AvgIpc) is 2.80. The Hall–Kier alpha value is -3.36. The molecule has 0 aliphatic carbocycles. The van der Waals surface area contributed by atoms with E-state index in [-0.39, 0.29) is 16.7 Å². The zero-order valence-corrected chi connectivity index (χ0v) is 21.4. The van der Waals surface area contributed by atoms with Crippen molar-refractivity contribution < 1.29 is 64.7 Å². The van der Waals surface area contributed by atoms with E-state index in [1.807, 2.05) is 0 Å². The number of carbonyl (C=O) groups excluding carboxylic acids is 1. The maximum Gasteiger partial charge on any atom is 0.368 e. The molecule has 0 spiro atoms. The number of hydrogen-bond acceptors (Lipinski definition) is 10. The van der Waals surface area contributed by atoms with E-state index in [4.69, 9.17) is 35.7 Å². The summed E-state index contributed by atoms with van der Waals surface area (Å²) in [5.41, 5.74) is -0.247. The van der Waals surface area contributed by atoms with Crippen molar-refractivity contribution in [2.24, 2.45) is 5.41 Å². The molecule has 0 rings (SSSR count). The summed E-state index contributed by atoms with van der Waals surface area (Å²) in [7, 11) is 0. The van der Waals surface area contributed by atoms with Crippen LogP contribution < -0.4 is 0 Å². The van der Waals surface area contributed by atoms with E-state index in [1.54, 1.807) is 13.8 Å². The van der Waals surface area contributed by atoms with E-state index in [0.717, 1.165) is 0 Å². The van der Waals surface area contributed by atoms with E-state index >= 15 is 0 Å². The molecule has 0 aliphatic rings. The predicted octanol–water partition coefficient (Wildman–Crippen LogP) is 0.941. The zero-order valence-electron chi connectivity index (χ0n) is 21.4. The number of carbonyl (C=O) groups is 4. The smallest absolute Gasteiger partial charge is 0.368 e. The van der Waals surface area contributed by atoms with Crippen LogP contribution in [-0.2, 0) is 29.0 Å². The van der Waals surface area contributed by atoms with Gasteiger partial charge in [0.15, 0.2) is 0 Å². The topological polar surface area (TPSA) is 228 Å². The van der Waals surface area contributed by atoms with E-state index in [1.165, 1.54) is 20.8 Å². The summed E-state index contributed by atoms with van der Waals surface area (Å²) in [6.45, 7) is 19.2. The fraction of sp³-hybridized carbons (Fsp3) is 0.478. The summed E-state index contributed by atoms with van der Waals surface area (Å²) in [5.74, 6) is -3.32. The fourth-order valence-corrected chi connectivity index (χ4v) is 0.484. The first-order valence-corrected chi connectivity index (χ1v) is 9.95. The van der Waals surface area contributed by atoms with Gasteiger partial charge in [-0.25, -0.2) is 19.2 Å². The molecule has 0 amide bonds. The van der Waals surface area contributed by atoms with E-state index < -0.39 is 55.7 Å². The number of carboxylic acid groups (broad SMARTS) is 3. The largest absolute Gasteiger partial charge is 0.478 e. The lowest BCUT2D eigenvalue weighted by Crippen LogP contribution is -2.37. The second kappa shape index (κ2) is 26.2. The lowest BCUT2D eigenvalue weighted by Gasteiger charge is -2.23. The Morgan fingerprint density at radius 3 is 0.917 bits per heavy atom. The highest BCUT2D eigenvalue weighted by Gasteiger charge is 2.26. The van der Waals surface area contributed by atoms with Gasteiger partial charge >= 0.3 is 23.9 Å². The molecule has 0 saturated heterocycles. The SMILES string of the molecule is C=C(C)C(=O)O.C=C(C)C(=O)O.C=C(C)C(=O)O.C=C(C)C(=O)OOCC.OCC(CO)(CO)CO. The molecule has 0 bridgehead atoms. The summed E-state index contributed by atoms with van der Waals surface area (Å²) in [5, 5.41) is 57.7. The van der Waals surface area contributed by atoms with Crippen LogP contribution in [0.2, 0.25) is 0 Å². The molecular formula is C23H40O13. The molecule has 0 aliphatic heterocycles. The van der Waals surface area contributed by atoms with E-state index in [9.17, 15) is 19.2 Å². The van der Waals surface area contributed by atoms with Gasteiger partial charge in [-0.15, -0.1) is 0 Å². The van der Waals surface area contributed by atoms with Crippen LogP contribution in [0.1, 0.15) is 34.6 Å². The monoisotopic (exact) mass is 524 g/mol. The highest BCUT2D eigenvalue weighted by atomic mass is 17.2. The first-order valence-electron chi connectivity index (χ1n) is 9.95. The molecule has 0 heterocycles. The number of aliphatic carboxylic acids is 3. The molecule has 0 saturated carbocycles. The van der Waals surface area contributed by atoms with Gasteiger partial charge < -0.3 is 35.7 Å². The minimum absolute atomic E-state index is 0.176. The van der Waals surface area contributed by atoms with Crippen molar-refractivity contribution in [2.45, 2.75) is 34.6 Å². The Balaban J connectivity index is -0.000000113. The molecule has 0 aromatic rings. The molecule has 13 heteroatoms. The highest BCUT2D eigenvalue weighted by Crippen LogP contribution is 2.11. The Morgan fingerprint density at radius 1 is 0.611 bits per heavy atom. The normalized spacial score (nSPS) is 8.92. The van der Waals surface area contributed by atoms with Crippen LogP contribution in [0.5, 0.6) is 0 Å².